The molecular formula is C22H23N6O2S-. The van der Waals surface area contributed by atoms with Crippen LogP contribution in [0.15, 0.2) is 66.7 Å². The first-order chi connectivity index (χ1) is 14.8. The van der Waals surface area contributed by atoms with Crippen molar-refractivity contribution in [3.63, 3.8) is 0 Å². The Morgan fingerprint density at radius 3 is 2.16 bits per heavy atom. The van der Waals surface area contributed by atoms with Crippen molar-refractivity contribution in [2.45, 2.75) is 13.8 Å². The second-order valence-electron chi connectivity index (χ2n) is 6.86. The minimum absolute atomic E-state index is 0.627. The molecule has 1 atom stereocenters. The molecule has 9 heteroatoms. The van der Waals surface area contributed by atoms with E-state index in [2.05, 4.69) is 100 Å². The van der Waals surface area contributed by atoms with E-state index in [9.17, 15) is 0 Å². The molecule has 1 heterocycles. The van der Waals surface area contributed by atoms with E-state index in [0.29, 0.717) is 5.82 Å². The number of nitrogens with one attached hydrogen (secondary N) is 1. The Balaban J connectivity index is 0.000000628. The van der Waals surface area contributed by atoms with Crippen LogP contribution in [-0.2, 0) is 18.3 Å². The topological polar surface area (TPSA) is 122 Å². The number of hydrogen-bond acceptors (Lipinski definition) is 6. The van der Waals surface area contributed by atoms with Crippen molar-refractivity contribution in [2.75, 3.05) is 5.32 Å². The van der Waals surface area contributed by atoms with Crippen LogP contribution in [0.5, 0.6) is 0 Å². The first-order valence-electron chi connectivity index (χ1n) is 9.46. The Morgan fingerprint density at radius 2 is 1.58 bits per heavy atom. The van der Waals surface area contributed by atoms with Crippen LogP contribution in [0.3, 0.4) is 0 Å². The molecule has 0 fully saturated rings. The minimum atomic E-state index is -2.36. The fourth-order valence-electron chi connectivity index (χ4n) is 3.12. The summed E-state index contributed by atoms with van der Waals surface area (Å²) in [6.07, 6.45) is 0. The van der Waals surface area contributed by atoms with Crippen molar-refractivity contribution in [1.82, 2.24) is 20.2 Å². The first-order valence-corrected chi connectivity index (χ1v) is 10.6. The van der Waals surface area contributed by atoms with Gasteiger partial charge in [-0.2, -0.15) is 4.80 Å². The number of tetrazole rings is 1. The molecule has 0 saturated carbocycles. The Kier molecular flexibility index (Phi) is 7.24. The van der Waals surface area contributed by atoms with Crippen molar-refractivity contribution >= 4 is 22.6 Å². The van der Waals surface area contributed by atoms with Crippen LogP contribution in [0.25, 0.3) is 22.5 Å². The highest BCUT2D eigenvalue weighted by atomic mass is 32.2. The largest absolute Gasteiger partial charge is 0.760 e. The summed E-state index contributed by atoms with van der Waals surface area (Å²) in [6.45, 7) is 4.18. The van der Waals surface area contributed by atoms with Gasteiger partial charge in [0.25, 0.3) is 0 Å². The highest BCUT2D eigenvalue weighted by Gasteiger charge is 2.15. The van der Waals surface area contributed by atoms with Gasteiger partial charge >= 0.3 is 0 Å². The summed E-state index contributed by atoms with van der Waals surface area (Å²) in [7, 11) is 1.77. The van der Waals surface area contributed by atoms with Crippen molar-refractivity contribution in [2.24, 2.45) is 12.2 Å². The summed E-state index contributed by atoms with van der Waals surface area (Å²) >= 11 is -2.36. The van der Waals surface area contributed by atoms with Crippen LogP contribution >= 0.6 is 0 Å². The molecule has 4 rings (SSSR count). The second kappa shape index (κ2) is 10.1. The number of nitrogens with two attached hydrogens (primary N) is 1. The third-order valence-electron chi connectivity index (χ3n) is 4.74. The van der Waals surface area contributed by atoms with E-state index in [1.807, 2.05) is 6.07 Å². The highest BCUT2D eigenvalue weighted by molar-refractivity contribution is 7.76. The normalized spacial score (nSPS) is 11.4. The number of aromatic nitrogens is 4. The zero-order chi connectivity index (χ0) is 22.4. The fourth-order valence-corrected chi connectivity index (χ4v) is 3.12. The lowest BCUT2D eigenvalue weighted by molar-refractivity contribution is 0.539. The summed E-state index contributed by atoms with van der Waals surface area (Å²) in [5.74, 6) is 0.627. The lowest BCUT2D eigenvalue weighted by Crippen LogP contribution is -1.99. The van der Waals surface area contributed by atoms with Gasteiger partial charge in [0.2, 0.25) is 5.82 Å². The molecule has 0 aliphatic rings. The average Bonchev–Trinajstić information content (AvgIpc) is 3.17. The van der Waals surface area contributed by atoms with Gasteiger partial charge in [-0.05, 0) is 59.5 Å². The molecule has 1 aromatic heterocycles. The van der Waals surface area contributed by atoms with Crippen molar-refractivity contribution in [3.8, 4) is 22.5 Å². The summed E-state index contributed by atoms with van der Waals surface area (Å²) in [5.41, 5.74) is 7.71. The highest BCUT2D eigenvalue weighted by Crippen LogP contribution is 2.33. The van der Waals surface area contributed by atoms with Gasteiger partial charge in [0, 0.05) is 28.2 Å². The quantitative estimate of drug-likeness (QED) is 0.472. The lowest BCUT2D eigenvalue weighted by atomic mass is 10.0. The molecule has 160 valence electrons. The SMILES string of the molecule is Cc1ccc(Nc2ccc(-c3ccccc3)cc2)c(-c2nnn(C)n2)c1C.NS(=O)[O-]. The maximum absolute atomic E-state index is 8.78. The third kappa shape index (κ3) is 5.82. The molecule has 0 saturated heterocycles. The van der Waals surface area contributed by atoms with Gasteiger partial charge in [0.1, 0.15) is 0 Å². The van der Waals surface area contributed by atoms with Gasteiger partial charge in [-0.3, -0.25) is 9.35 Å². The first kappa shape index (κ1) is 22.3. The Hall–Kier alpha value is -3.40. The van der Waals surface area contributed by atoms with Crippen LogP contribution in [0.2, 0.25) is 0 Å². The van der Waals surface area contributed by atoms with Crippen molar-refractivity contribution in [1.29, 1.82) is 0 Å². The molecule has 0 bridgehead atoms. The molecule has 0 aliphatic carbocycles. The van der Waals surface area contributed by atoms with Crippen LogP contribution in [0.4, 0.5) is 11.4 Å². The van der Waals surface area contributed by atoms with E-state index in [1.54, 1.807) is 7.05 Å². The number of rotatable bonds is 4. The van der Waals surface area contributed by atoms with E-state index in [-0.39, 0.29) is 0 Å². The van der Waals surface area contributed by atoms with Gasteiger partial charge in [0.05, 0.1) is 7.05 Å². The molecule has 8 nitrogen and oxygen atoms in total. The zero-order valence-corrected chi connectivity index (χ0v) is 18.3. The number of aryl methyl sites for hydroxylation is 2. The summed E-state index contributed by atoms with van der Waals surface area (Å²) < 4.78 is 17.6. The van der Waals surface area contributed by atoms with E-state index in [4.69, 9.17) is 8.76 Å². The molecule has 1 unspecified atom stereocenters. The van der Waals surface area contributed by atoms with Crippen LogP contribution in [-0.4, -0.2) is 29.0 Å². The Labute approximate surface area is 183 Å². The molecule has 0 radical (unpaired) electrons. The smallest absolute Gasteiger partial charge is 0.207 e. The third-order valence-corrected chi connectivity index (χ3v) is 4.74. The van der Waals surface area contributed by atoms with E-state index < -0.39 is 11.3 Å². The molecule has 4 aromatic rings. The minimum Gasteiger partial charge on any atom is -0.760 e. The lowest BCUT2D eigenvalue weighted by Gasteiger charge is -2.14. The predicted octanol–water partition coefficient (Wildman–Crippen LogP) is 3.64. The van der Waals surface area contributed by atoms with Gasteiger partial charge in [-0.1, -0.05) is 48.5 Å². The molecule has 0 amide bonds. The van der Waals surface area contributed by atoms with Crippen LogP contribution < -0.4 is 10.5 Å². The molecular weight excluding hydrogens is 412 g/mol. The number of anilines is 2. The molecule has 31 heavy (non-hydrogen) atoms. The summed E-state index contributed by atoms with van der Waals surface area (Å²) in [6, 6.07) is 23.0. The van der Waals surface area contributed by atoms with E-state index >= 15 is 0 Å². The average molecular weight is 436 g/mol. The Morgan fingerprint density at radius 1 is 0.968 bits per heavy atom. The summed E-state index contributed by atoms with van der Waals surface area (Å²) in [4.78, 5) is 1.48. The zero-order valence-electron chi connectivity index (χ0n) is 17.4. The van der Waals surface area contributed by atoms with Crippen molar-refractivity contribution in [3.05, 3.63) is 77.9 Å². The predicted molar refractivity (Wildman–Crippen MR) is 122 cm³/mol. The molecule has 0 spiro atoms. The number of nitrogens with zero attached hydrogens (tertiary/aromatic N) is 4. The second-order valence-corrected chi connectivity index (χ2v) is 7.38. The summed E-state index contributed by atoms with van der Waals surface area (Å²) in [5, 5.41) is 20.1. The van der Waals surface area contributed by atoms with Gasteiger partial charge in [-0.15, -0.1) is 10.2 Å². The molecule has 3 N–H and O–H groups in total. The maximum atomic E-state index is 8.78. The monoisotopic (exact) mass is 435 g/mol. The standard InChI is InChI=1S/C22H21N5.H3NO2S/c1-15-9-14-20(21(16(15)2)22-24-26-27(3)25-22)23-19-12-10-18(11-13-19)17-7-5-4-6-8-17;1-4(2)3/h4-14,23H,1-3H3;1H2,(H,2,3)/p-1. The fraction of sp³-hybridized carbons (Fsp3) is 0.136. The molecule has 3 aromatic carbocycles. The van der Waals surface area contributed by atoms with E-state index in [1.165, 1.54) is 21.5 Å². The maximum Gasteiger partial charge on any atom is 0.207 e. The number of hydrogen-bond donors (Lipinski definition) is 2. The Bertz CT molecular complexity index is 1170. The number of benzene rings is 3. The van der Waals surface area contributed by atoms with Crippen LogP contribution in [0.1, 0.15) is 11.1 Å². The van der Waals surface area contributed by atoms with E-state index in [0.717, 1.165) is 22.5 Å². The van der Waals surface area contributed by atoms with Crippen molar-refractivity contribution < 1.29 is 8.76 Å². The molecule has 0 aliphatic heterocycles. The van der Waals surface area contributed by atoms with Gasteiger partial charge in [-0.25, -0.2) is 0 Å². The van der Waals surface area contributed by atoms with Gasteiger partial charge in [0.15, 0.2) is 0 Å². The van der Waals surface area contributed by atoms with Gasteiger partial charge < -0.3 is 9.87 Å². The van der Waals surface area contributed by atoms with Crippen LogP contribution in [0, 0.1) is 13.8 Å².